The Morgan fingerprint density at radius 3 is 2.65 bits per heavy atom. The number of ether oxygens (including phenoxy) is 3. The van der Waals surface area contributed by atoms with E-state index >= 15 is 0 Å². The fourth-order valence-corrected chi connectivity index (χ4v) is 3.69. The molecule has 2 amide bonds. The molecule has 2 aromatic carbocycles. The van der Waals surface area contributed by atoms with Crippen molar-refractivity contribution in [2.75, 3.05) is 58.9 Å². The second kappa shape index (κ2) is 11.8. The second-order valence-electron chi connectivity index (χ2n) is 7.32. The van der Waals surface area contributed by atoms with Crippen LogP contribution in [0.2, 0.25) is 5.02 Å². The van der Waals surface area contributed by atoms with Crippen LogP contribution >= 0.6 is 11.6 Å². The first kappa shape index (κ1) is 23.2. The van der Waals surface area contributed by atoms with Crippen molar-refractivity contribution in [3.05, 3.63) is 53.1 Å². The van der Waals surface area contributed by atoms with Gasteiger partial charge in [0.15, 0.2) is 0 Å². The molecule has 0 aromatic heterocycles. The fourth-order valence-electron chi connectivity index (χ4n) is 3.49. The van der Waals surface area contributed by atoms with E-state index in [4.69, 9.17) is 25.8 Å². The largest absolute Gasteiger partial charge is 0.497 e. The molecule has 7 nitrogen and oxygen atoms in total. The second-order valence-corrected chi connectivity index (χ2v) is 7.72. The molecular formula is C23H30ClN3O4. The van der Waals surface area contributed by atoms with Gasteiger partial charge in [-0.05, 0) is 30.2 Å². The van der Waals surface area contributed by atoms with Crippen molar-refractivity contribution >= 4 is 23.3 Å². The Hall–Kier alpha value is -2.48. The molecule has 0 spiro atoms. The summed E-state index contributed by atoms with van der Waals surface area (Å²) in [4.78, 5) is 17.3. The molecule has 2 aromatic rings. The highest BCUT2D eigenvalue weighted by Crippen LogP contribution is 2.29. The molecule has 1 aliphatic heterocycles. The van der Waals surface area contributed by atoms with E-state index in [1.165, 1.54) is 0 Å². The van der Waals surface area contributed by atoms with E-state index in [1.807, 2.05) is 24.3 Å². The van der Waals surface area contributed by atoms with Gasteiger partial charge in [-0.3, -0.25) is 4.90 Å². The van der Waals surface area contributed by atoms with Crippen LogP contribution in [0.5, 0.6) is 11.5 Å². The van der Waals surface area contributed by atoms with Crippen LogP contribution in [-0.4, -0.2) is 69.4 Å². The highest BCUT2D eigenvalue weighted by atomic mass is 35.5. The first-order chi connectivity index (χ1) is 15.1. The predicted molar refractivity (Wildman–Crippen MR) is 122 cm³/mol. The zero-order chi connectivity index (χ0) is 22.1. The zero-order valence-electron chi connectivity index (χ0n) is 18.1. The quantitative estimate of drug-likeness (QED) is 0.626. The van der Waals surface area contributed by atoms with Gasteiger partial charge in [-0.25, -0.2) is 4.79 Å². The number of anilines is 1. The summed E-state index contributed by atoms with van der Waals surface area (Å²) in [5.74, 6) is 1.20. The van der Waals surface area contributed by atoms with Crippen molar-refractivity contribution in [3.63, 3.8) is 0 Å². The minimum Gasteiger partial charge on any atom is -0.497 e. The molecule has 168 valence electrons. The third-order valence-electron chi connectivity index (χ3n) is 5.26. The van der Waals surface area contributed by atoms with Gasteiger partial charge >= 0.3 is 6.03 Å². The number of amides is 2. The Morgan fingerprint density at radius 2 is 1.94 bits per heavy atom. The van der Waals surface area contributed by atoms with E-state index in [0.717, 1.165) is 44.8 Å². The topological polar surface area (TPSA) is 63.3 Å². The van der Waals surface area contributed by atoms with E-state index < -0.39 is 0 Å². The number of nitrogens with zero attached hydrogens (tertiary/aromatic N) is 2. The molecule has 0 unspecified atom stereocenters. The van der Waals surface area contributed by atoms with Crippen molar-refractivity contribution < 1.29 is 19.0 Å². The summed E-state index contributed by atoms with van der Waals surface area (Å²) in [5.41, 5.74) is 1.50. The molecule has 1 fully saturated rings. The molecule has 0 bridgehead atoms. The van der Waals surface area contributed by atoms with Gasteiger partial charge in [0, 0.05) is 43.8 Å². The number of benzene rings is 2. The molecule has 0 aliphatic carbocycles. The van der Waals surface area contributed by atoms with E-state index in [0.29, 0.717) is 35.3 Å². The highest BCUT2D eigenvalue weighted by Gasteiger charge is 2.18. The molecule has 0 atom stereocenters. The third-order valence-corrected chi connectivity index (χ3v) is 5.63. The number of urea groups is 1. The number of carbonyl (C=O) groups excluding carboxylic acids is 1. The van der Waals surface area contributed by atoms with Crippen LogP contribution in [0.1, 0.15) is 12.0 Å². The van der Waals surface area contributed by atoms with Crippen molar-refractivity contribution in [2.45, 2.75) is 13.0 Å². The molecule has 3 rings (SSSR count). The summed E-state index contributed by atoms with van der Waals surface area (Å²) in [6.45, 7) is 5.34. The lowest BCUT2D eigenvalue weighted by Gasteiger charge is -2.28. The number of nitrogens with one attached hydrogen (secondary N) is 1. The van der Waals surface area contributed by atoms with Crippen molar-refractivity contribution in [1.29, 1.82) is 0 Å². The van der Waals surface area contributed by atoms with Gasteiger partial charge in [0.05, 0.1) is 33.1 Å². The number of hydrogen-bond donors (Lipinski definition) is 1. The van der Waals surface area contributed by atoms with Crippen molar-refractivity contribution in [1.82, 2.24) is 9.80 Å². The maximum absolute atomic E-state index is 13.2. The van der Waals surface area contributed by atoms with Gasteiger partial charge < -0.3 is 24.4 Å². The number of carbonyl (C=O) groups is 1. The summed E-state index contributed by atoms with van der Waals surface area (Å²) in [7, 11) is 3.15. The summed E-state index contributed by atoms with van der Waals surface area (Å²) in [6, 6.07) is 12.7. The lowest BCUT2D eigenvalue weighted by Crippen LogP contribution is -2.40. The Balaban J connectivity index is 1.69. The number of rotatable bonds is 9. The summed E-state index contributed by atoms with van der Waals surface area (Å²) >= 11 is 6.36. The molecule has 0 radical (unpaired) electrons. The van der Waals surface area contributed by atoms with Crippen LogP contribution in [0.4, 0.5) is 10.5 Å². The van der Waals surface area contributed by atoms with Crippen LogP contribution in [0.15, 0.2) is 42.5 Å². The van der Waals surface area contributed by atoms with Gasteiger partial charge in [-0.2, -0.15) is 0 Å². The molecule has 0 saturated carbocycles. The first-order valence-corrected chi connectivity index (χ1v) is 10.8. The molecule has 1 heterocycles. The molecule has 31 heavy (non-hydrogen) atoms. The predicted octanol–water partition coefficient (Wildman–Crippen LogP) is 4.11. The van der Waals surface area contributed by atoms with Crippen LogP contribution in [-0.2, 0) is 11.3 Å². The molecule has 1 N–H and O–H groups in total. The first-order valence-electron chi connectivity index (χ1n) is 10.4. The van der Waals surface area contributed by atoms with Crippen LogP contribution in [0.25, 0.3) is 0 Å². The van der Waals surface area contributed by atoms with E-state index in [9.17, 15) is 4.79 Å². The lowest BCUT2D eigenvalue weighted by molar-refractivity contribution is 0.0365. The SMILES string of the molecule is COc1ccc(NC(=O)N(CCCN2CCOCC2)Cc2ccccc2Cl)c(OC)c1. The smallest absolute Gasteiger partial charge is 0.322 e. The molecule has 1 saturated heterocycles. The van der Waals surface area contributed by atoms with Gasteiger partial charge in [0.25, 0.3) is 0 Å². The number of hydrogen-bond acceptors (Lipinski definition) is 5. The van der Waals surface area contributed by atoms with E-state index in [1.54, 1.807) is 37.3 Å². The average Bonchev–Trinajstić information content (AvgIpc) is 2.80. The summed E-state index contributed by atoms with van der Waals surface area (Å²) < 4.78 is 16.1. The summed E-state index contributed by atoms with van der Waals surface area (Å²) in [5, 5.41) is 3.62. The molecule has 1 aliphatic rings. The molecule has 8 heteroatoms. The van der Waals surface area contributed by atoms with Crippen molar-refractivity contribution in [3.8, 4) is 11.5 Å². The highest BCUT2D eigenvalue weighted by molar-refractivity contribution is 6.31. The standard InChI is InChI=1S/C23H30ClN3O4/c1-29-19-8-9-21(22(16-19)30-2)25-23(28)27(17-18-6-3-4-7-20(18)24)11-5-10-26-12-14-31-15-13-26/h3-4,6-9,16H,5,10-15,17H2,1-2H3,(H,25,28). The maximum Gasteiger partial charge on any atom is 0.322 e. The van der Waals surface area contributed by atoms with Gasteiger partial charge in [0.2, 0.25) is 0 Å². The number of morpholine rings is 1. The lowest BCUT2D eigenvalue weighted by atomic mass is 10.2. The van der Waals surface area contributed by atoms with Crippen LogP contribution < -0.4 is 14.8 Å². The average molecular weight is 448 g/mol. The number of methoxy groups -OCH3 is 2. The van der Waals surface area contributed by atoms with Crippen molar-refractivity contribution in [2.24, 2.45) is 0 Å². The Morgan fingerprint density at radius 1 is 1.16 bits per heavy atom. The minimum atomic E-state index is -0.203. The van der Waals surface area contributed by atoms with Crippen LogP contribution in [0, 0.1) is 0 Å². The Bertz CT molecular complexity index is 858. The Labute approximate surface area is 188 Å². The third kappa shape index (κ3) is 6.75. The minimum absolute atomic E-state index is 0.203. The Kier molecular flexibility index (Phi) is 8.82. The molecular weight excluding hydrogens is 418 g/mol. The summed E-state index contributed by atoms with van der Waals surface area (Å²) in [6.07, 6.45) is 0.859. The maximum atomic E-state index is 13.2. The van der Waals surface area contributed by atoms with Gasteiger partial charge in [-0.1, -0.05) is 29.8 Å². The van der Waals surface area contributed by atoms with Crippen LogP contribution in [0.3, 0.4) is 0 Å². The van der Waals surface area contributed by atoms with Gasteiger partial charge in [0.1, 0.15) is 11.5 Å². The zero-order valence-corrected chi connectivity index (χ0v) is 18.9. The monoisotopic (exact) mass is 447 g/mol. The normalized spacial score (nSPS) is 14.2. The number of halogens is 1. The van der Waals surface area contributed by atoms with E-state index in [-0.39, 0.29) is 6.03 Å². The fraction of sp³-hybridized carbons (Fsp3) is 0.435. The van der Waals surface area contributed by atoms with Gasteiger partial charge in [-0.15, -0.1) is 0 Å². The van der Waals surface area contributed by atoms with E-state index in [2.05, 4.69) is 10.2 Å².